The lowest BCUT2D eigenvalue weighted by Gasteiger charge is -2.23. The van der Waals surface area contributed by atoms with Gasteiger partial charge in [0, 0.05) is 35.6 Å². The Balaban J connectivity index is 2.01. The fraction of sp³-hybridized carbons (Fsp3) is 0.385. The fourth-order valence-electron chi connectivity index (χ4n) is 2.61. The van der Waals surface area contributed by atoms with Crippen LogP contribution < -0.4 is 10.1 Å². The SMILES string of the molecule is [B]C([B])([B])Oc1ccc2c3c([nH]c2c1)CCNCC3. The number of hydrogen-bond acceptors (Lipinski definition) is 2. The highest BCUT2D eigenvalue weighted by Gasteiger charge is 2.15. The molecular formula is C13H13B3N2O. The minimum absolute atomic E-state index is 0.564. The Kier molecular flexibility index (Phi) is 3.13. The molecule has 19 heavy (non-hydrogen) atoms. The van der Waals surface area contributed by atoms with E-state index in [9.17, 15) is 0 Å². The third kappa shape index (κ3) is 2.68. The molecule has 1 aliphatic heterocycles. The van der Waals surface area contributed by atoms with Crippen LogP contribution in [0.2, 0.25) is 0 Å². The van der Waals surface area contributed by atoms with Crippen LogP contribution >= 0.6 is 0 Å². The van der Waals surface area contributed by atoms with E-state index in [2.05, 4.69) is 10.3 Å². The number of fused-ring (bicyclic) bond motifs is 3. The Morgan fingerprint density at radius 3 is 2.68 bits per heavy atom. The molecule has 1 aliphatic rings. The molecule has 0 unspecified atom stereocenters. The minimum Gasteiger partial charge on any atom is -0.516 e. The molecule has 1 aromatic heterocycles. The molecule has 0 atom stereocenters. The first-order valence-corrected chi connectivity index (χ1v) is 6.43. The van der Waals surface area contributed by atoms with E-state index < -0.39 is 5.30 Å². The summed E-state index contributed by atoms with van der Waals surface area (Å²) in [6, 6.07) is 5.76. The summed E-state index contributed by atoms with van der Waals surface area (Å²) in [6.07, 6.45) is 2.04. The van der Waals surface area contributed by atoms with Crippen LogP contribution in [0, 0.1) is 0 Å². The number of ether oxygens (including phenoxy) is 1. The average Bonchev–Trinajstić information content (AvgIpc) is 2.50. The standard InChI is InChI=1S/C13H13B3N2O/c14-13(15,16)19-8-1-2-9-10-3-5-17-6-4-11(10)18-12(9)7-8/h1-2,7,17-18H,3-6H2. The van der Waals surface area contributed by atoms with Crippen LogP contribution in [0.25, 0.3) is 10.9 Å². The van der Waals surface area contributed by atoms with E-state index in [1.165, 1.54) is 16.6 Å². The molecule has 1 aromatic carbocycles. The molecule has 6 heteroatoms. The van der Waals surface area contributed by atoms with Crippen LogP contribution in [-0.4, -0.2) is 46.9 Å². The molecule has 3 nitrogen and oxygen atoms in total. The molecule has 6 radical (unpaired) electrons. The van der Waals surface area contributed by atoms with Gasteiger partial charge in [-0.25, -0.2) is 0 Å². The molecule has 0 aliphatic carbocycles. The van der Waals surface area contributed by atoms with Gasteiger partial charge in [0.2, 0.25) is 0 Å². The third-order valence-corrected chi connectivity index (χ3v) is 3.36. The van der Waals surface area contributed by atoms with E-state index in [0.29, 0.717) is 5.75 Å². The number of aromatic nitrogens is 1. The summed E-state index contributed by atoms with van der Waals surface area (Å²) >= 11 is 0. The maximum atomic E-state index is 5.44. The highest BCUT2D eigenvalue weighted by Crippen LogP contribution is 2.28. The van der Waals surface area contributed by atoms with Crippen molar-refractivity contribution in [2.45, 2.75) is 18.1 Å². The van der Waals surface area contributed by atoms with Crippen molar-refractivity contribution in [1.82, 2.24) is 10.3 Å². The van der Waals surface area contributed by atoms with Crippen molar-refractivity contribution in [3.8, 4) is 5.75 Å². The quantitative estimate of drug-likeness (QED) is 0.750. The molecule has 0 amide bonds. The van der Waals surface area contributed by atoms with E-state index in [0.717, 1.165) is 31.4 Å². The van der Waals surface area contributed by atoms with Crippen LogP contribution in [0.4, 0.5) is 0 Å². The zero-order valence-corrected chi connectivity index (χ0v) is 10.7. The van der Waals surface area contributed by atoms with Gasteiger partial charge in [0.1, 0.15) is 29.3 Å². The topological polar surface area (TPSA) is 37.0 Å². The van der Waals surface area contributed by atoms with Crippen molar-refractivity contribution in [2.75, 3.05) is 13.1 Å². The zero-order chi connectivity index (χ0) is 13.5. The first kappa shape index (κ1) is 12.7. The van der Waals surface area contributed by atoms with Crippen molar-refractivity contribution in [3.05, 3.63) is 29.5 Å². The van der Waals surface area contributed by atoms with Crippen LogP contribution in [0.1, 0.15) is 11.3 Å². The smallest absolute Gasteiger partial charge is 0.118 e. The first-order valence-electron chi connectivity index (χ1n) is 6.43. The van der Waals surface area contributed by atoms with E-state index in [-0.39, 0.29) is 0 Å². The maximum absolute atomic E-state index is 5.44. The predicted octanol–water partition coefficient (Wildman–Crippen LogP) is 0.352. The Morgan fingerprint density at radius 1 is 1.11 bits per heavy atom. The second-order valence-electron chi connectivity index (χ2n) is 5.00. The summed E-state index contributed by atoms with van der Waals surface area (Å²) in [5.74, 6) is 0.564. The Bertz CT molecular complexity index is 604. The van der Waals surface area contributed by atoms with Gasteiger partial charge in [-0.2, -0.15) is 0 Å². The van der Waals surface area contributed by atoms with Crippen molar-refractivity contribution < 1.29 is 4.74 Å². The molecule has 0 fully saturated rings. The summed E-state index contributed by atoms with van der Waals surface area (Å²) < 4.78 is 5.27. The van der Waals surface area contributed by atoms with Crippen molar-refractivity contribution in [1.29, 1.82) is 0 Å². The van der Waals surface area contributed by atoms with Gasteiger partial charge in [0.15, 0.2) is 0 Å². The van der Waals surface area contributed by atoms with E-state index in [1.807, 2.05) is 18.2 Å². The monoisotopic (exact) mass is 246 g/mol. The van der Waals surface area contributed by atoms with Crippen LogP contribution in [0.3, 0.4) is 0 Å². The molecular weight excluding hydrogens is 233 g/mol. The molecule has 0 saturated heterocycles. The Morgan fingerprint density at radius 2 is 1.89 bits per heavy atom. The second kappa shape index (κ2) is 4.67. The predicted molar refractivity (Wildman–Crippen MR) is 79.2 cm³/mol. The summed E-state index contributed by atoms with van der Waals surface area (Å²) in [5.41, 5.74) is 3.70. The summed E-state index contributed by atoms with van der Waals surface area (Å²) in [5, 5.41) is 2.97. The number of benzene rings is 1. The van der Waals surface area contributed by atoms with Gasteiger partial charge < -0.3 is 15.0 Å². The number of H-pyrrole nitrogens is 1. The fourth-order valence-corrected chi connectivity index (χ4v) is 2.61. The second-order valence-corrected chi connectivity index (χ2v) is 5.00. The number of hydrogen-bond donors (Lipinski definition) is 2. The van der Waals surface area contributed by atoms with E-state index in [1.54, 1.807) is 0 Å². The average molecular weight is 246 g/mol. The van der Waals surface area contributed by atoms with Crippen LogP contribution in [0.5, 0.6) is 5.75 Å². The first-order chi connectivity index (χ1) is 9.03. The summed E-state index contributed by atoms with van der Waals surface area (Å²) in [4.78, 5) is 3.44. The molecule has 0 spiro atoms. The van der Waals surface area contributed by atoms with Gasteiger partial charge in [-0.3, -0.25) is 0 Å². The van der Waals surface area contributed by atoms with Gasteiger partial charge in [0.25, 0.3) is 0 Å². The molecule has 2 heterocycles. The van der Waals surface area contributed by atoms with Gasteiger partial charge >= 0.3 is 0 Å². The summed E-state index contributed by atoms with van der Waals surface area (Å²) in [6.45, 7) is 2.01. The largest absolute Gasteiger partial charge is 0.516 e. The third-order valence-electron chi connectivity index (χ3n) is 3.36. The summed E-state index contributed by atoms with van der Waals surface area (Å²) in [7, 11) is 16.3. The van der Waals surface area contributed by atoms with E-state index >= 15 is 0 Å². The van der Waals surface area contributed by atoms with Crippen LogP contribution in [-0.2, 0) is 12.8 Å². The Hall–Kier alpha value is -1.29. The molecule has 2 N–H and O–H groups in total. The van der Waals surface area contributed by atoms with Crippen LogP contribution in [0.15, 0.2) is 18.2 Å². The van der Waals surface area contributed by atoms with E-state index in [4.69, 9.17) is 28.3 Å². The lowest BCUT2D eigenvalue weighted by atomic mass is 9.52. The molecule has 90 valence electrons. The van der Waals surface area contributed by atoms with Gasteiger partial charge in [0.05, 0.1) is 0 Å². The molecule has 2 aromatic rings. The van der Waals surface area contributed by atoms with Crippen molar-refractivity contribution in [2.24, 2.45) is 0 Å². The van der Waals surface area contributed by atoms with Crippen molar-refractivity contribution >= 4 is 34.4 Å². The number of aromatic amines is 1. The lowest BCUT2D eigenvalue weighted by molar-refractivity contribution is 0.319. The highest BCUT2D eigenvalue weighted by molar-refractivity contribution is 6.58. The van der Waals surface area contributed by atoms with Crippen molar-refractivity contribution in [3.63, 3.8) is 0 Å². The number of rotatable bonds is 2. The minimum atomic E-state index is -1.65. The van der Waals surface area contributed by atoms with Gasteiger partial charge in [-0.1, -0.05) is 0 Å². The molecule has 0 bridgehead atoms. The zero-order valence-electron chi connectivity index (χ0n) is 10.7. The normalized spacial score (nSPS) is 16.0. The lowest BCUT2D eigenvalue weighted by Crippen LogP contribution is -2.37. The Labute approximate surface area is 116 Å². The molecule has 0 saturated carbocycles. The van der Waals surface area contributed by atoms with Gasteiger partial charge in [-0.05, 0) is 36.0 Å². The molecule has 3 rings (SSSR count). The maximum Gasteiger partial charge on any atom is 0.118 e. The highest BCUT2D eigenvalue weighted by atomic mass is 16.5. The van der Waals surface area contributed by atoms with Gasteiger partial charge in [-0.15, -0.1) is 0 Å². The number of nitrogens with one attached hydrogen (secondary N) is 2.